The molecule has 0 aliphatic heterocycles. The Morgan fingerprint density at radius 3 is 2.44 bits per heavy atom. The van der Waals surface area contributed by atoms with E-state index in [0.717, 1.165) is 44.9 Å². The molecule has 0 radical (unpaired) electrons. The van der Waals surface area contributed by atoms with Crippen molar-refractivity contribution >= 4 is 23.2 Å². The van der Waals surface area contributed by atoms with Crippen LogP contribution in [-0.2, 0) is 20.7 Å². The summed E-state index contributed by atoms with van der Waals surface area (Å²) >= 11 is 1.75. The minimum atomic E-state index is -0.0329. The summed E-state index contributed by atoms with van der Waals surface area (Å²) in [7, 11) is 0. The first-order valence-electron chi connectivity index (χ1n) is 9.36. The second-order valence-electron chi connectivity index (χ2n) is 6.67. The van der Waals surface area contributed by atoms with E-state index < -0.39 is 0 Å². The van der Waals surface area contributed by atoms with Gasteiger partial charge in [-0.3, -0.25) is 9.59 Å². The molecule has 1 heterocycles. The van der Waals surface area contributed by atoms with Gasteiger partial charge in [-0.1, -0.05) is 13.0 Å². The Morgan fingerprint density at radius 1 is 1.16 bits per heavy atom. The molecule has 0 aromatic carbocycles. The fourth-order valence-electron chi connectivity index (χ4n) is 3.14. The lowest BCUT2D eigenvalue weighted by Gasteiger charge is -2.29. The molecule has 0 saturated heterocycles. The van der Waals surface area contributed by atoms with Crippen LogP contribution in [-0.4, -0.2) is 37.1 Å². The van der Waals surface area contributed by atoms with E-state index >= 15 is 0 Å². The monoisotopic (exact) mass is 366 g/mol. The van der Waals surface area contributed by atoms with Gasteiger partial charge in [-0.2, -0.15) is 0 Å². The molecule has 0 bridgehead atoms. The van der Waals surface area contributed by atoms with Crippen molar-refractivity contribution in [3.05, 3.63) is 22.4 Å². The number of hydrogen-bond donors (Lipinski definition) is 2. The molecule has 1 fully saturated rings. The van der Waals surface area contributed by atoms with Crippen molar-refractivity contribution in [2.24, 2.45) is 0 Å². The second-order valence-corrected chi connectivity index (χ2v) is 7.70. The topological polar surface area (TPSA) is 67.4 Å². The van der Waals surface area contributed by atoms with Gasteiger partial charge in [0.05, 0.1) is 0 Å². The van der Waals surface area contributed by atoms with Crippen LogP contribution in [0.1, 0.15) is 56.7 Å². The first-order valence-corrected chi connectivity index (χ1v) is 10.2. The van der Waals surface area contributed by atoms with Crippen LogP contribution in [0.3, 0.4) is 0 Å². The van der Waals surface area contributed by atoms with E-state index in [9.17, 15) is 9.59 Å². The van der Waals surface area contributed by atoms with Crippen molar-refractivity contribution in [2.75, 3.05) is 13.2 Å². The molecule has 5 nitrogen and oxygen atoms in total. The molecule has 2 amide bonds. The third kappa shape index (κ3) is 8.01. The highest BCUT2D eigenvalue weighted by atomic mass is 32.1. The average molecular weight is 367 g/mol. The number of nitrogens with one attached hydrogen (secondary N) is 2. The number of ether oxygens (including phenoxy) is 1. The van der Waals surface area contributed by atoms with Crippen molar-refractivity contribution < 1.29 is 14.3 Å². The van der Waals surface area contributed by atoms with Crippen LogP contribution in [0.4, 0.5) is 0 Å². The molecule has 0 spiro atoms. The lowest BCUT2D eigenvalue weighted by molar-refractivity contribution is -0.127. The van der Waals surface area contributed by atoms with Crippen molar-refractivity contribution in [1.29, 1.82) is 0 Å². The summed E-state index contributed by atoms with van der Waals surface area (Å²) in [6.45, 7) is 2.79. The number of amides is 2. The van der Waals surface area contributed by atoms with Gasteiger partial charge in [0.25, 0.3) is 0 Å². The molecule has 1 saturated carbocycles. The Bertz CT molecular complexity index is 511. The maximum atomic E-state index is 12.1. The Hall–Kier alpha value is -1.40. The number of rotatable bonds is 10. The predicted molar refractivity (Wildman–Crippen MR) is 101 cm³/mol. The van der Waals surface area contributed by atoms with Gasteiger partial charge in [-0.15, -0.1) is 11.3 Å². The standard InChI is InChI=1S/C19H30N2O3S/c1-2-12-24-14-19(23)21-16-10-8-15(9-11-16)20-18(22)7-3-5-17-6-4-13-25-17/h4,6,13,15-16H,2-3,5,7-12,14H2,1H3,(H,20,22)(H,21,23). The molecule has 2 N–H and O–H groups in total. The quantitative estimate of drug-likeness (QED) is 0.626. The molecular formula is C19H30N2O3S. The molecular weight excluding hydrogens is 336 g/mol. The average Bonchev–Trinajstić information content (AvgIpc) is 3.10. The minimum Gasteiger partial charge on any atom is -0.372 e. The Kier molecular flexibility index (Phi) is 8.97. The largest absolute Gasteiger partial charge is 0.372 e. The second kappa shape index (κ2) is 11.3. The molecule has 140 valence electrons. The number of thiophene rings is 1. The maximum Gasteiger partial charge on any atom is 0.246 e. The normalized spacial score (nSPS) is 20.2. The van der Waals surface area contributed by atoms with E-state index in [1.165, 1.54) is 4.88 Å². The zero-order valence-electron chi connectivity index (χ0n) is 15.1. The number of hydrogen-bond acceptors (Lipinski definition) is 4. The lowest BCUT2D eigenvalue weighted by atomic mass is 9.91. The van der Waals surface area contributed by atoms with Crippen LogP contribution in [0.5, 0.6) is 0 Å². The van der Waals surface area contributed by atoms with Gasteiger partial charge >= 0.3 is 0 Å². The summed E-state index contributed by atoms with van der Waals surface area (Å²) in [4.78, 5) is 25.1. The van der Waals surface area contributed by atoms with Crippen LogP contribution < -0.4 is 10.6 Å². The maximum absolute atomic E-state index is 12.1. The van der Waals surface area contributed by atoms with Crippen LogP contribution in [0, 0.1) is 0 Å². The predicted octanol–water partition coefficient (Wildman–Crippen LogP) is 3.04. The van der Waals surface area contributed by atoms with Crippen LogP contribution in [0.25, 0.3) is 0 Å². The molecule has 1 aromatic heterocycles. The Morgan fingerprint density at radius 2 is 1.84 bits per heavy atom. The summed E-state index contributed by atoms with van der Waals surface area (Å²) < 4.78 is 5.26. The summed E-state index contributed by atoms with van der Waals surface area (Å²) in [5, 5.41) is 8.24. The fourth-order valence-corrected chi connectivity index (χ4v) is 3.89. The van der Waals surface area contributed by atoms with Crippen LogP contribution in [0.15, 0.2) is 17.5 Å². The first-order chi connectivity index (χ1) is 12.2. The zero-order chi connectivity index (χ0) is 17.9. The van der Waals surface area contributed by atoms with Crippen molar-refractivity contribution in [2.45, 2.75) is 70.4 Å². The minimum absolute atomic E-state index is 0.0329. The summed E-state index contributed by atoms with van der Waals surface area (Å²) in [5.41, 5.74) is 0. The molecule has 1 aliphatic carbocycles. The van der Waals surface area contributed by atoms with Gasteiger partial charge in [0.2, 0.25) is 11.8 Å². The zero-order valence-corrected chi connectivity index (χ0v) is 15.9. The first kappa shape index (κ1) is 19.9. The van der Waals surface area contributed by atoms with Crippen LogP contribution >= 0.6 is 11.3 Å². The summed E-state index contributed by atoms with van der Waals surface area (Å²) in [5.74, 6) is 0.117. The lowest BCUT2D eigenvalue weighted by Crippen LogP contribution is -2.44. The molecule has 1 aromatic rings. The molecule has 0 atom stereocenters. The SMILES string of the molecule is CCCOCC(=O)NC1CCC(NC(=O)CCCc2cccs2)CC1. The van der Waals surface area contributed by atoms with E-state index in [2.05, 4.69) is 22.1 Å². The molecule has 0 unspecified atom stereocenters. The van der Waals surface area contributed by atoms with Crippen molar-refractivity contribution in [3.63, 3.8) is 0 Å². The number of carbonyl (C=O) groups is 2. The smallest absolute Gasteiger partial charge is 0.246 e. The number of aryl methyl sites for hydroxylation is 1. The van der Waals surface area contributed by atoms with E-state index in [0.29, 0.717) is 13.0 Å². The summed E-state index contributed by atoms with van der Waals surface area (Å²) in [6, 6.07) is 4.63. The van der Waals surface area contributed by atoms with Gasteiger partial charge in [0, 0.05) is 30.0 Å². The fraction of sp³-hybridized carbons (Fsp3) is 0.684. The Labute approximate surface area is 154 Å². The molecule has 1 aliphatic rings. The van der Waals surface area contributed by atoms with Crippen molar-refractivity contribution in [1.82, 2.24) is 10.6 Å². The van der Waals surface area contributed by atoms with E-state index in [-0.39, 0.29) is 30.5 Å². The third-order valence-corrected chi connectivity index (χ3v) is 5.38. The molecule has 25 heavy (non-hydrogen) atoms. The van der Waals surface area contributed by atoms with E-state index in [1.54, 1.807) is 11.3 Å². The summed E-state index contributed by atoms with van der Waals surface area (Å²) in [6.07, 6.45) is 7.07. The molecule has 2 rings (SSSR count). The van der Waals surface area contributed by atoms with Crippen LogP contribution in [0.2, 0.25) is 0 Å². The van der Waals surface area contributed by atoms with Gasteiger partial charge < -0.3 is 15.4 Å². The van der Waals surface area contributed by atoms with Gasteiger partial charge in [-0.25, -0.2) is 0 Å². The van der Waals surface area contributed by atoms with E-state index in [4.69, 9.17) is 4.74 Å². The third-order valence-electron chi connectivity index (χ3n) is 4.45. The number of carbonyl (C=O) groups excluding carboxylic acids is 2. The highest BCUT2D eigenvalue weighted by molar-refractivity contribution is 7.09. The molecule has 6 heteroatoms. The highest BCUT2D eigenvalue weighted by Gasteiger charge is 2.23. The van der Waals surface area contributed by atoms with E-state index in [1.807, 2.05) is 13.0 Å². The van der Waals surface area contributed by atoms with Gasteiger partial charge in [0.15, 0.2) is 0 Å². The van der Waals surface area contributed by atoms with Crippen molar-refractivity contribution in [3.8, 4) is 0 Å². The van der Waals surface area contributed by atoms with Gasteiger partial charge in [-0.05, 0) is 56.4 Å². The highest BCUT2D eigenvalue weighted by Crippen LogP contribution is 2.19. The Balaban J connectivity index is 1.55. The van der Waals surface area contributed by atoms with Gasteiger partial charge in [0.1, 0.15) is 6.61 Å².